The van der Waals surface area contributed by atoms with E-state index in [2.05, 4.69) is 32.6 Å². The van der Waals surface area contributed by atoms with Gasteiger partial charge in [0.05, 0.1) is 0 Å². The zero-order valence-corrected chi connectivity index (χ0v) is 11.6. The highest BCUT2D eigenvalue weighted by Crippen LogP contribution is 2.41. The minimum Gasteiger partial charge on any atom is -0.300 e. The fourth-order valence-electron chi connectivity index (χ4n) is 3.58. The fraction of sp³-hybridized carbons (Fsp3) is 1.00. The third-order valence-corrected chi connectivity index (χ3v) is 5.02. The molecular weight excluding hydrogens is 194 g/mol. The monoisotopic (exact) mass is 223 g/mol. The minimum absolute atomic E-state index is 0.489. The minimum atomic E-state index is 0.489. The summed E-state index contributed by atoms with van der Waals surface area (Å²) in [5, 5.41) is 0. The summed E-state index contributed by atoms with van der Waals surface area (Å²) in [5.74, 6) is 1.88. The average molecular weight is 223 g/mol. The van der Waals surface area contributed by atoms with Crippen molar-refractivity contribution in [2.45, 2.75) is 65.8 Å². The van der Waals surface area contributed by atoms with Crippen molar-refractivity contribution >= 4 is 0 Å². The Morgan fingerprint density at radius 2 is 1.81 bits per heavy atom. The standard InChI is InChI=1S/C15H29N/c1-5-12-9-10-16(13-7-6-8-13)11-14(12)15(2,3)4/h12-14H,5-11H2,1-4H3. The lowest BCUT2D eigenvalue weighted by molar-refractivity contribution is 0.00203. The van der Waals surface area contributed by atoms with Crippen LogP contribution in [-0.4, -0.2) is 24.0 Å². The molecule has 94 valence electrons. The molecule has 2 fully saturated rings. The molecule has 1 heteroatoms. The average Bonchev–Trinajstić information content (AvgIpc) is 2.13. The van der Waals surface area contributed by atoms with E-state index in [0.29, 0.717) is 5.41 Å². The molecule has 0 aromatic heterocycles. The Bertz CT molecular complexity index is 224. The molecule has 1 saturated heterocycles. The van der Waals surface area contributed by atoms with Crippen molar-refractivity contribution in [3.63, 3.8) is 0 Å². The lowest BCUT2D eigenvalue weighted by Gasteiger charge is -2.49. The molecule has 1 aliphatic heterocycles. The van der Waals surface area contributed by atoms with Gasteiger partial charge in [-0.25, -0.2) is 0 Å². The molecule has 0 N–H and O–H groups in total. The van der Waals surface area contributed by atoms with Crippen LogP contribution in [0.15, 0.2) is 0 Å². The number of piperidine rings is 1. The third-order valence-electron chi connectivity index (χ3n) is 5.02. The summed E-state index contributed by atoms with van der Waals surface area (Å²) in [5.41, 5.74) is 0.489. The van der Waals surface area contributed by atoms with E-state index in [4.69, 9.17) is 0 Å². The summed E-state index contributed by atoms with van der Waals surface area (Å²) < 4.78 is 0. The van der Waals surface area contributed by atoms with Crippen LogP contribution in [-0.2, 0) is 0 Å². The van der Waals surface area contributed by atoms with Gasteiger partial charge in [-0.2, -0.15) is 0 Å². The van der Waals surface area contributed by atoms with E-state index >= 15 is 0 Å². The van der Waals surface area contributed by atoms with Crippen LogP contribution in [0.3, 0.4) is 0 Å². The summed E-state index contributed by atoms with van der Waals surface area (Å²) in [4.78, 5) is 2.80. The first-order valence-electron chi connectivity index (χ1n) is 7.26. The van der Waals surface area contributed by atoms with Crippen molar-refractivity contribution in [3.05, 3.63) is 0 Å². The lowest BCUT2D eigenvalue weighted by atomic mass is 9.68. The van der Waals surface area contributed by atoms with E-state index in [-0.39, 0.29) is 0 Å². The number of nitrogens with zero attached hydrogens (tertiary/aromatic N) is 1. The van der Waals surface area contributed by atoms with Crippen molar-refractivity contribution < 1.29 is 0 Å². The first-order valence-corrected chi connectivity index (χ1v) is 7.26. The Morgan fingerprint density at radius 1 is 1.12 bits per heavy atom. The first kappa shape index (κ1) is 12.4. The number of likely N-dealkylation sites (tertiary alicyclic amines) is 1. The Labute approximate surface area is 102 Å². The van der Waals surface area contributed by atoms with Crippen molar-refractivity contribution in [1.82, 2.24) is 4.90 Å². The first-order chi connectivity index (χ1) is 7.52. The molecule has 1 saturated carbocycles. The van der Waals surface area contributed by atoms with Crippen molar-refractivity contribution in [2.24, 2.45) is 17.3 Å². The largest absolute Gasteiger partial charge is 0.300 e. The van der Waals surface area contributed by atoms with Crippen LogP contribution in [0.4, 0.5) is 0 Å². The Morgan fingerprint density at radius 3 is 2.25 bits per heavy atom. The zero-order valence-electron chi connectivity index (χ0n) is 11.6. The molecule has 0 aromatic carbocycles. The molecule has 2 atom stereocenters. The molecule has 16 heavy (non-hydrogen) atoms. The van der Waals surface area contributed by atoms with Crippen LogP contribution < -0.4 is 0 Å². The topological polar surface area (TPSA) is 3.24 Å². The molecule has 1 heterocycles. The highest BCUT2D eigenvalue weighted by atomic mass is 15.2. The molecule has 1 aliphatic carbocycles. The Kier molecular flexibility index (Phi) is 3.63. The molecule has 0 aromatic rings. The van der Waals surface area contributed by atoms with Crippen LogP contribution in [0.2, 0.25) is 0 Å². The van der Waals surface area contributed by atoms with Crippen LogP contribution in [0.5, 0.6) is 0 Å². The summed E-state index contributed by atoms with van der Waals surface area (Å²) >= 11 is 0. The number of rotatable bonds is 2. The maximum atomic E-state index is 2.80. The second-order valence-electron chi connectivity index (χ2n) is 7.01. The van der Waals surface area contributed by atoms with E-state index in [0.717, 1.165) is 17.9 Å². The normalized spacial score (nSPS) is 33.8. The lowest BCUT2D eigenvalue weighted by Crippen LogP contribution is -2.51. The van der Waals surface area contributed by atoms with Gasteiger partial charge < -0.3 is 4.90 Å². The molecule has 2 rings (SSSR count). The van der Waals surface area contributed by atoms with Gasteiger partial charge in [-0.15, -0.1) is 0 Å². The molecule has 0 bridgehead atoms. The van der Waals surface area contributed by atoms with Gasteiger partial charge in [-0.1, -0.05) is 40.5 Å². The molecule has 0 spiro atoms. The van der Waals surface area contributed by atoms with Crippen LogP contribution >= 0.6 is 0 Å². The van der Waals surface area contributed by atoms with Gasteiger partial charge in [0, 0.05) is 12.6 Å². The maximum absolute atomic E-state index is 2.80. The summed E-state index contributed by atoms with van der Waals surface area (Å²) in [6.45, 7) is 12.4. The predicted molar refractivity (Wildman–Crippen MR) is 70.6 cm³/mol. The van der Waals surface area contributed by atoms with Gasteiger partial charge >= 0.3 is 0 Å². The van der Waals surface area contributed by atoms with E-state index in [1.165, 1.54) is 45.2 Å². The van der Waals surface area contributed by atoms with Gasteiger partial charge in [0.1, 0.15) is 0 Å². The predicted octanol–water partition coefficient (Wildman–Crippen LogP) is 3.93. The zero-order chi connectivity index (χ0) is 11.8. The SMILES string of the molecule is CCC1CCN(C2CCC2)CC1C(C)(C)C. The maximum Gasteiger partial charge on any atom is 0.00954 e. The van der Waals surface area contributed by atoms with Crippen molar-refractivity contribution in [2.75, 3.05) is 13.1 Å². The van der Waals surface area contributed by atoms with Gasteiger partial charge in [-0.3, -0.25) is 0 Å². The highest BCUT2D eigenvalue weighted by Gasteiger charge is 2.38. The van der Waals surface area contributed by atoms with E-state index in [1.807, 2.05) is 0 Å². The van der Waals surface area contributed by atoms with E-state index < -0.39 is 0 Å². The number of hydrogen-bond donors (Lipinski definition) is 0. The molecular formula is C15H29N. The molecule has 2 unspecified atom stereocenters. The number of hydrogen-bond acceptors (Lipinski definition) is 1. The van der Waals surface area contributed by atoms with Crippen LogP contribution in [0.1, 0.15) is 59.8 Å². The molecule has 0 amide bonds. The smallest absolute Gasteiger partial charge is 0.00954 e. The van der Waals surface area contributed by atoms with Gasteiger partial charge in [0.25, 0.3) is 0 Å². The van der Waals surface area contributed by atoms with Crippen molar-refractivity contribution in [3.8, 4) is 0 Å². The van der Waals surface area contributed by atoms with Gasteiger partial charge in [0.2, 0.25) is 0 Å². The summed E-state index contributed by atoms with van der Waals surface area (Å²) in [6.07, 6.45) is 7.22. The van der Waals surface area contributed by atoms with Gasteiger partial charge in [-0.05, 0) is 43.1 Å². The second kappa shape index (κ2) is 4.68. The summed E-state index contributed by atoms with van der Waals surface area (Å²) in [6, 6.07) is 0.947. The summed E-state index contributed by atoms with van der Waals surface area (Å²) in [7, 11) is 0. The quantitative estimate of drug-likeness (QED) is 0.685. The van der Waals surface area contributed by atoms with Crippen LogP contribution in [0.25, 0.3) is 0 Å². The van der Waals surface area contributed by atoms with E-state index in [9.17, 15) is 0 Å². The van der Waals surface area contributed by atoms with Crippen molar-refractivity contribution in [1.29, 1.82) is 0 Å². The highest BCUT2D eigenvalue weighted by molar-refractivity contribution is 4.91. The van der Waals surface area contributed by atoms with Crippen LogP contribution in [0, 0.1) is 17.3 Å². The molecule has 1 nitrogen and oxygen atoms in total. The Balaban J connectivity index is 1.99. The molecule has 0 radical (unpaired) electrons. The third kappa shape index (κ3) is 2.45. The second-order valence-corrected chi connectivity index (χ2v) is 7.01. The fourth-order valence-corrected chi connectivity index (χ4v) is 3.58. The Hall–Kier alpha value is -0.0400. The van der Waals surface area contributed by atoms with Gasteiger partial charge in [0.15, 0.2) is 0 Å². The molecule has 2 aliphatic rings. The van der Waals surface area contributed by atoms with E-state index in [1.54, 1.807) is 0 Å².